The molecule has 0 saturated heterocycles. The van der Waals surface area contributed by atoms with Crippen LogP contribution in [0.5, 0.6) is 5.75 Å². The molecule has 1 N–H and O–H groups in total. The average Bonchev–Trinajstić information content (AvgIpc) is 2.65. The molecule has 1 heterocycles. The highest BCUT2D eigenvalue weighted by Crippen LogP contribution is 2.34. The van der Waals surface area contributed by atoms with Gasteiger partial charge in [0.25, 0.3) is 5.91 Å². The molecule has 0 bridgehead atoms. The summed E-state index contributed by atoms with van der Waals surface area (Å²) < 4.78 is 31.2. The van der Waals surface area contributed by atoms with Crippen molar-refractivity contribution in [2.24, 2.45) is 0 Å². The largest absolute Gasteiger partial charge is 0.476 e. The second-order valence-corrected chi connectivity index (χ2v) is 8.56. The van der Waals surface area contributed by atoms with Gasteiger partial charge in [0.05, 0.1) is 18.5 Å². The van der Waals surface area contributed by atoms with E-state index in [0.29, 0.717) is 17.1 Å². The lowest BCUT2D eigenvalue weighted by Crippen LogP contribution is -2.48. The first-order chi connectivity index (χ1) is 12.9. The van der Waals surface area contributed by atoms with E-state index in [1.165, 1.54) is 9.87 Å². The third-order valence-corrected chi connectivity index (χ3v) is 5.61. The molecule has 0 aliphatic carbocycles. The molecular weight excluding hydrogens is 364 g/mol. The second kappa shape index (κ2) is 8.00. The Hall–Kier alpha value is -2.54. The van der Waals surface area contributed by atoms with Gasteiger partial charge in [0.1, 0.15) is 5.75 Å². The van der Waals surface area contributed by atoms with Crippen molar-refractivity contribution in [3.63, 3.8) is 0 Å². The van der Waals surface area contributed by atoms with Crippen molar-refractivity contribution in [1.29, 1.82) is 0 Å². The van der Waals surface area contributed by atoms with Crippen molar-refractivity contribution >= 4 is 27.3 Å². The number of para-hydroxylation sites is 2. The number of carbonyl (C=O) groups excluding carboxylic acids is 1. The van der Waals surface area contributed by atoms with Crippen molar-refractivity contribution in [3.8, 4) is 5.75 Å². The van der Waals surface area contributed by atoms with Crippen LogP contribution in [0.3, 0.4) is 0 Å². The number of amides is 1. The zero-order valence-electron chi connectivity index (χ0n) is 15.5. The zero-order chi connectivity index (χ0) is 19.4. The van der Waals surface area contributed by atoms with Gasteiger partial charge in [-0.15, -0.1) is 0 Å². The normalized spacial score (nSPS) is 16.4. The number of anilines is 2. The van der Waals surface area contributed by atoms with Gasteiger partial charge >= 0.3 is 0 Å². The van der Waals surface area contributed by atoms with Crippen molar-refractivity contribution in [3.05, 3.63) is 54.1 Å². The average molecular weight is 388 g/mol. The quantitative estimate of drug-likeness (QED) is 0.825. The van der Waals surface area contributed by atoms with E-state index in [1.807, 2.05) is 24.3 Å². The SMILES string of the molecule is CCCCc1ccc(NC(=O)[C@H]2CN(S(C)(=O)=O)c3ccccc3O2)cc1. The summed E-state index contributed by atoms with van der Waals surface area (Å²) in [5.74, 6) is 0.00343. The highest BCUT2D eigenvalue weighted by atomic mass is 32.2. The Morgan fingerprint density at radius 2 is 1.89 bits per heavy atom. The Bertz CT molecular complexity index is 910. The minimum absolute atomic E-state index is 0.0593. The second-order valence-electron chi connectivity index (χ2n) is 6.66. The predicted molar refractivity (Wildman–Crippen MR) is 107 cm³/mol. The molecule has 1 aliphatic heterocycles. The Labute approximate surface area is 160 Å². The van der Waals surface area contributed by atoms with E-state index in [-0.39, 0.29) is 12.5 Å². The van der Waals surface area contributed by atoms with E-state index < -0.39 is 16.1 Å². The molecule has 1 amide bonds. The molecule has 3 rings (SSSR count). The van der Waals surface area contributed by atoms with Crippen LogP contribution < -0.4 is 14.4 Å². The summed E-state index contributed by atoms with van der Waals surface area (Å²) in [6.45, 7) is 2.09. The number of carbonyl (C=O) groups is 1. The molecule has 1 aliphatic rings. The molecule has 2 aromatic carbocycles. The summed E-state index contributed by atoms with van der Waals surface area (Å²) in [5, 5.41) is 2.81. The first kappa shape index (κ1) is 19.2. The number of unbranched alkanes of at least 4 members (excludes halogenated alkanes) is 1. The topological polar surface area (TPSA) is 75.7 Å². The molecule has 0 radical (unpaired) electrons. The summed E-state index contributed by atoms with van der Waals surface area (Å²) in [7, 11) is -3.52. The van der Waals surface area contributed by atoms with E-state index in [9.17, 15) is 13.2 Å². The number of benzene rings is 2. The van der Waals surface area contributed by atoms with Gasteiger partial charge in [0.2, 0.25) is 10.0 Å². The van der Waals surface area contributed by atoms with Crippen LogP contribution in [0.25, 0.3) is 0 Å². The lowest BCUT2D eigenvalue weighted by Gasteiger charge is -2.33. The molecule has 27 heavy (non-hydrogen) atoms. The van der Waals surface area contributed by atoms with Gasteiger partial charge in [0, 0.05) is 5.69 Å². The van der Waals surface area contributed by atoms with Crippen LogP contribution in [-0.4, -0.2) is 33.2 Å². The monoisotopic (exact) mass is 388 g/mol. The molecule has 0 unspecified atom stereocenters. The molecule has 0 fully saturated rings. The number of aryl methyl sites for hydroxylation is 1. The number of rotatable bonds is 6. The van der Waals surface area contributed by atoms with E-state index in [4.69, 9.17) is 4.74 Å². The van der Waals surface area contributed by atoms with Gasteiger partial charge in [-0.3, -0.25) is 9.10 Å². The Kier molecular flexibility index (Phi) is 5.70. The number of nitrogens with one attached hydrogen (secondary N) is 1. The summed E-state index contributed by atoms with van der Waals surface area (Å²) in [5.41, 5.74) is 2.33. The fraction of sp³-hybridized carbons (Fsp3) is 0.350. The molecule has 1 atom stereocenters. The maximum atomic E-state index is 12.6. The van der Waals surface area contributed by atoms with Crippen LogP contribution >= 0.6 is 0 Å². The fourth-order valence-corrected chi connectivity index (χ4v) is 3.93. The molecule has 0 saturated carbocycles. The first-order valence-electron chi connectivity index (χ1n) is 9.01. The highest BCUT2D eigenvalue weighted by Gasteiger charge is 2.34. The maximum Gasteiger partial charge on any atom is 0.267 e. The van der Waals surface area contributed by atoms with E-state index in [0.717, 1.165) is 25.5 Å². The van der Waals surface area contributed by atoms with Crippen LogP contribution in [0.15, 0.2) is 48.5 Å². The van der Waals surface area contributed by atoms with Crippen molar-refractivity contribution in [1.82, 2.24) is 0 Å². The van der Waals surface area contributed by atoms with Gasteiger partial charge in [-0.25, -0.2) is 8.42 Å². The third kappa shape index (κ3) is 4.60. The van der Waals surface area contributed by atoms with E-state index in [2.05, 4.69) is 12.2 Å². The number of hydrogen-bond donors (Lipinski definition) is 1. The first-order valence-corrected chi connectivity index (χ1v) is 10.9. The molecule has 6 nitrogen and oxygen atoms in total. The number of sulfonamides is 1. The van der Waals surface area contributed by atoms with Crippen LogP contribution in [0.1, 0.15) is 25.3 Å². The lowest BCUT2D eigenvalue weighted by atomic mass is 10.1. The summed E-state index contributed by atoms with van der Waals surface area (Å²) >= 11 is 0. The van der Waals surface area contributed by atoms with Crippen LogP contribution in [0, 0.1) is 0 Å². The van der Waals surface area contributed by atoms with Crippen molar-refractivity contribution < 1.29 is 17.9 Å². The van der Waals surface area contributed by atoms with Gasteiger partial charge in [-0.05, 0) is 42.7 Å². The minimum atomic E-state index is -3.52. The number of hydrogen-bond acceptors (Lipinski definition) is 4. The molecule has 7 heteroatoms. The fourth-order valence-electron chi connectivity index (χ4n) is 3.01. The molecule has 0 spiro atoms. The summed E-state index contributed by atoms with van der Waals surface area (Å²) in [6.07, 6.45) is 3.47. The number of nitrogens with zero attached hydrogens (tertiary/aromatic N) is 1. The molecular formula is C20H24N2O4S. The Balaban J connectivity index is 1.74. The smallest absolute Gasteiger partial charge is 0.267 e. The van der Waals surface area contributed by atoms with E-state index >= 15 is 0 Å². The molecule has 0 aromatic heterocycles. The zero-order valence-corrected chi connectivity index (χ0v) is 16.3. The summed E-state index contributed by atoms with van der Waals surface area (Å²) in [4.78, 5) is 12.6. The van der Waals surface area contributed by atoms with Crippen molar-refractivity contribution in [2.45, 2.75) is 32.3 Å². The Morgan fingerprint density at radius 1 is 1.19 bits per heavy atom. The van der Waals surface area contributed by atoms with Crippen LogP contribution in [0.4, 0.5) is 11.4 Å². The number of ether oxygens (including phenoxy) is 1. The standard InChI is InChI=1S/C20H24N2O4S/c1-3-4-7-15-10-12-16(13-11-15)21-20(23)19-14-22(27(2,24)25)17-8-5-6-9-18(17)26-19/h5-6,8-13,19H,3-4,7,14H2,1-2H3,(H,21,23)/t19-/m1/s1. The maximum absolute atomic E-state index is 12.6. The third-order valence-electron chi connectivity index (χ3n) is 4.47. The van der Waals surface area contributed by atoms with Gasteiger partial charge in [0.15, 0.2) is 6.10 Å². The lowest BCUT2D eigenvalue weighted by molar-refractivity contribution is -0.122. The summed E-state index contributed by atoms with van der Waals surface area (Å²) in [6, 6.07) is 14.5. The van der Waals surface area contributed by atoms with Crippen molar-refractivity contribution in [2.75, 3.05) is 22.4 Å². The van der Waals surface area contributed by atoms with Gasteiger partial charge in [-0.1, -0.05) is 37.6 Å². The number of fused-ring (bicyclic) bond motifs is 1. The molecule has 144 valence electrons. The van der Waals surface area contributed by atoms with E-state index in [1.54, 1.807) is 24.3 Å². The van der Waals surface area contributed by atoms with Gasteiger partial charge in [-0.2, -0.15) is 0 Å². The highest BCUT2D eigenvalue weighted by molar-refractivity contribution is 7.92. The van der Waals surface area contributed by atoms with Gasteiger partial charge < -0.3 is 10.1 Å². The molecule has 2 aromatic rings. The Morgan fingerprint density at radius 3 is 2.56 bits per heavy atom. The van der Waals surface area contributed by atoms with Crippen LogP contribution in [0.2, 0.25) is 0 Å². The van der Waals surface area contributed by atoms with Crippen LogP contribution in [-0.2, 0) is 21.2 Å². The minimum Gasteiger partial charge on any atom is -0.476 e. The predicted octanol–water partition coefficient (Wildman–Crippen LogP) is 3.19.